The summed E-state index contributed by atoms with van der Waals surface area (Å²) < 4.78 is 43.3. The molecule has 2 aromatic carbocycles. The number of methoxy groups -OCH3 is 1. The summed E-state index contributed by atoms with van der Waals surface area (Å²) in [5.74, 6) is -0.903. The summed E-state index contributed by atoms with van der Waals surface area (Å²) in [6, 6.07) is 15.0. The summed E-state index contributed by atoms with van der Waals surface area (Å²) in [5.41, 5.74) is 1.17. The van der Waals surface area contributed by atoms with E-state index >= 15 is 0 Å². The van der Waals surface area contributed by atoms with E-state index in [0.29, 0.717) is 19.6 Å². The van der Waals surface area contributed by atoms with Crippen LogP contribution in [-0.4, -0.2) is 31.1 Å². The van der Waals surface area contributed by atoms with Gasteiger partial charge in [0.1, 0.15) is 0 Å². The topological polar surface area (TPSA) is 29.5 Å². The van der Waals surface area contributed by atoms with Gasteiger partial charge in [0.05, 0.1) is 18.6 Å². The number of hydrogen-bond donors (Lipinski definition) is 0. The van der Waals surface area contributed by atoms with Crippen LogP contribution >= 0.6 is 0 Å². The Morgan fingerprint density at radius 1 is 1.08 bits per heavy atom. The second-order valence-corrected chi connectivity index (χ2v) is 6.54. The molecule has 1 aliphatic heterocycles. The minimum absolute atomic E-state index is 0.187. The number of hydrogen-bond acceptors (Lipinski definition) is 3. The molecule has 1 aliphatic rings. The number of nitrogens with zero attached hydrogens (tertiary/aromatic N) is 1. The lowest BCUT2D eigenvalue weighted by molar-refractivity contribution is -0.145. The number of benzene rings is 2. The molecule has 3 rings (SSSR count). The molecule has 0 spiro atoms. The third-order valence-electron chi connectivity index (χ3n) is 4.81. The van der Waals surface area contributed by atoms with Crippen LogP contribution in [0.4, 0.5) is 13.2 Å². The van der Waals surface area contributed by atoms with Gasteiger partial charge in [0.2, 0.25) is 0 Å². The van der Waals surface area contributed by atoms with E-state index < -0.39 is 11.7 Å². The summed E-state index contributed by atoms with van der Waals surface area (Å²) in [6.07, 6.45) is -4.37. The van der Waals surface area contributed by atoms with Crippen LogP contribution in [0.15, 0.2) is 54.6 Å². The fourth-order valence-electron chi connectivity index (χ4n) is 3.50. The largest absolute Gasteiger partial charge is 0.469 e. The van der Waals surface area contributed by atoms with E-state index in [0.717, 1.165) is 23.3 Å². The first-order chi connectivity index (χ1) is 12.4. The third-order valence-corrected chi connectivity index (χ3v) is 4.81. The molecule has 0 N–H and O–H groups in total. The summed E-state index contributed by atoms with van der Waals surface area (Å²) in [7, 11) is 1.34. The number of alkyl halides is 3. The Morgan fingerprint density at radius 3 is 2.31 bits per heavy atom. The van der Waals surface area contributed by atoms with Crippen LogP contribution in [0.5, 0.6) is 0 Å². The van der Waals surface area contributed by atoms with Crippen LogP contribution in [0.1, 0.15) is 22.6 Å². The third kappa shape index (κ3) is 4.07. The second-order valence-electron chi connectivity index (χ2n) is 6.54. The van der Waals surface area contributed by atoms with Crippen molar-refractivity contribution in [3.8, 4) is 0 Å². The molecule has 26 heavy (non-hydrogen) atoms. The van der Waals surface area contributed by atoms with E-state index in [1.807, 2.05) is 30.3 Å². The molecule has 0 aromatic heterocycles. The maximum absolute atomic E-state index is 12.8. The highest BCUT2D eigenvalue weighted by Gasteiger charge is 2.39. The maximum Gasteiger partial charge on any atom is 0.416 e. The van der Waals surface area contributed by atoms with Gasteiger partial charge >= 0.3 is 12.1 Å². The van der Waals surface area contributed by atoms with E-state index in [2.05, 4.69) is 4.90 Å². The molecule has 1 fully saturated rings. The highest BCUT2D eigenvalue weighted by molar-refractivity contribution is 5.74. The molecular weight excluding hydrogens is 343 g/mol. The van der Waals surface area contributed by atoms with Gasteiger partial charge in [-0.25, -0.2) is 0 Å². The average molecular weight is 363 g/mol. The number of carbonyl (C=O) groups is 1. The van der Waals surface area contributed by atoms with E-state index in [4.69, 9.17) is 4.74 Å². The van der Waals surface area contributed by atoms with Crippen molar-refractivity contribution in [3.05, 3.63) is 71.3 Å². The Balaban J connectivity index is 1.80. The number of carbonyl (C=O) groups excluding carboxylic acids is 1. The van der Waals surface area contributed by atoms with Crippen LogP contribution in [0, 0.1) is 5.92 Å². The Labute approximate surface area is 150 Å². The molecule has 6 heteroatoms. The highest BCUT2D eigenvalue weighted by atomic mass is 19.4. The quantitative estimate of drug-likeness (QED) is 0.766. The molecule has 0 radical (unpaired) electrons. The molecule has 2 aromatic rings. The zero-order valence-corrected chi connectivity index (χ0v) is 14.4. The first-order valence-corrected chi connectivity index (χ1v) is 8.39. The molecule has 2 atom stereocenters. The van der Waals surface area contributed by atoms with Gasteiger partial charge in [-0.2, -0.15) is 13.2 Å². The Morgan fingerprint density at radius 2 is 1.73 bits per heavy atom. The van der Waals surface area contributed by atoms with Crippen molar-refractivity contribution in [2.75, 3.05) is 20.2 Å². The van der Waals surface area contributed by atoms with Gasteiger partial charge in [-0.15, -0.1) is 0 Å². The molecule has 0 aliphatic carbocycles. The van der Waals surface area contributed by atoms with E-state index in [-0.39, 0.29) is 17.8 Å². The normalized spacial score (nSPS) is 20.9. The summed E-state index contributed by atoms with van der Waals surface area (Å²) >= 11 is 0. The number of likely N-dealkylation sites (tertiary alicyclic amines) is 1. The molecule has 0 amide bonds. The summed E-state index contributed by atoms with van der Waals surface area (Å²) in [4.78, 5) is 14.3. The summed E-state index contributed by atoms with van der Waals surface area (Å²) in [5, 5.41) is 0. The van der Waals surface area contributed by atoms with Crippen LogP contribution in [0.25, 0.3) is 0 Å². The van der Waals surface area contributed by atoms with Gasteiger partial charge in [-0.1, -0.05) is 42.5 Å². The molecule has 0 bridgehead atoms. The van der Waals surface area contributed by atoms with Crippen molar-refractivity contribution in [1.29, 1.82) is 0 Å². The van der Waals surface area contributed by atoms with Gasteiger partial charge in [0, 0.05) is 25.6 Å². The highest BCUT2D eigenvalue weighted by Crippen LogP contribution is 2.36. The van der Waals surface area contributed by atoms with Gasteiger partial charge < -0.3 is 4.74 Å². The van der Waals surface area contributed by atoms with Crippen molar-refractivity contribution in [3.63, 3.8) is 0 Å². The van der Waals surface area contributed by atoms with Gasteiger partial charge in [-0.05, 0) is 23.3 Å². The molecule has 3 nitrogen and oxygen atoms in total. The van der Waals surface area contributed by atoms with E-state index in [1.165, 1.54) is 19.2 Å². The van der Waals surface area contributed by atoms with Crippen LogP contribution in [0.2, 0.25) is 0 Å². The van der Waals surface area contributed by atoms with Crippen LogP contribution in [0.3, 0.4) is 0 Å². The number of esters is 1. The lowest BCUT2D eigenvalue weighted by Crippen LogP contribution is -2.24. The van der Waals surface area contributed by atoms with Crippen LogP contribution < -0.4 is 0 Å². The van der Waals surface area contributed by atoms with Crippen molar-refractivity contribution < 1.29 is 22.7 Å². The number of halogens is 3. The maximum atomic E-state index is 12.8. The minimum Gasteiger partial charge on any atom is -0.469 e. The molecule has 138 valence electrons. The van der Waals surface area contributed by atoms with Crippen molar-refractivity contribution >= 4 is 5.97 Å². The van der Waals surface area contributed by atoms with Crippen molar-refractivity contribution in [1.82, 2.24) is 4.90 Å². The lowest BCUT2D eigenvalue weighted by atomic mass is 9.88. The minimum atomic E-state index is -4.37. The first-order valence-electron chi connectivity index (χ1n) is 8.39. The standard InChI is InChI=1S/C20H20F3NO2/c1-26-19(25)18-13-24(11-14-5-3-2-4-6-14)12-17(18)15-7-9-16(10-8-15)20(21,22)23/h2-10,17-18H,11-13H2,1H3/t17-,18+/m0/s1. The Hall–Kier alpha value is -2.34. The van der Waals surface area contributed by atoms with Gasteiger partial charge in [-0.3, -0.25) is 9.69 Å². The van der Waals surface area contributed by atoms with Crippen molar-refractivity contribution in [2.45, 2.75) is 18.6 Å². The van der Waals surface area contributed by atoms with E-state index in [9.17, 15) is 18.0 Å². The lowest BCUT2D eigenvalue weighted by Gasteiger charge is -2.17. The first kappa shape index (κ1) is 18.5. The predicted octanol–water partition coefficient (Wildman–Crippen LogP) is 4.09. The molecule has 1 saturated heterocycles. The van der Waals surface area contributed by atoms with Gasteiger partial charge in [0.25, 0.3) is 0 Å². The zero-order chi connectivity index (χ0) is 18.7. The second kappa shape index (κ2) is 7.50. The molecule has 0 saturated carbocycles. The molecule has 1 heterocycles. The Kier molecular flexibility index (Phi) is 5.32. The number of ether oxygens (including phenoxy) is 1. The van der Waals surface area contributed by atoms with E-state index in [1.54, 1.807) is 0 Å². The van der Waals surface area contributed by atoms with Crippen LogP contribution in [-0.2, 0) is 22.3 Å². The number of rotatable bonds is 4. The smallest absolute Gasteiger partial charge is 0.416 e. The Bertz CT molecular complexity index is 744. The summed E-state index contributed by atoms with van der Waals surface area (Å²) in [6.45, 7) is 1.80. The van der Waals surface area contributed by atoms with Gasteiger partial charge in [0.15, 0.2) is 0 Å². The average Bonchev–Trinajstić information content (AvgIpc) is 3.05. The van der Waals surface area contributed by atoms with Crippen molar-refractivity contribution in [2.24, 2.45) is 5.92 Å². The molecular formula is C20H20F3NO2. The zero-order valence-electron chi connectivity index (χ0n) is 14.4. The fraction of sp³-hybridized carbons (Fsp3) is 0.350. The SMILES string of the molecule is COC(=O)[C@@H]1CN(Cc2ccccc2)C[C@H]1c1ccc(C(F)(F)F)cc1. The molecule has 0 unspecified atom stereocenters. The predicted molar refractivity (Wildman–Crippen MR) is 91.4 cm³/mol. The fourth-order valence-corrected chi connectivity index (χ4v) is 3.50. The monoisotopic (exact) mass is 363 g/mol.